The Labute approximate surface area is 153 Å². The van der Waals surface area contributed by atoms with E-state index in [0.717, 1.165) is 26.7 Å². The smallest absolute Gasteiger partial charge is 0.180 e. The molecule has 5 heteroatoms. The second-order valence-corrected chi connectivity index (χ2v) is 7.27. The predicted molar refractivity (Wildman–Crippen MR) is 97.3 cm³/mol. The van der Waals surface area contributed by atoms with Gasteiger partial charge in [-0.3, -0.25) is 4.90 Å². The molecule has 1 unspecified atom stereocenters. The molecule has 0 saturated carbocycles. The molecule has 0 bridgehead atoms. The molecule has 1 aliphatic heterocycles. The Hall–Kier alpha value is -1.51. The number of ether oxygens (including phenoxy) is 1. The van der Waals surface area contributed by atoms with Gasteiger partial charge in [0, 0.05) is 15.5 Å². The first-order chi connectivity index (χ1) is 11.1. The quantitative estimate of drug-likeness (QED) is 0.633. The van der Waals surface area contributed by atoms with Crippen molar-refractivity contribution in [1.82, 2.24) is 4.90 Å². The summed E-state index contributed by atoms with van der Waals surface area (Å²) in [5.41, 5.74) is 3.52. The van der Waals surface area contributed by atoms with Gasteiger partial charge in [0.1, 0.15) is 5.75 Å². The standard InChI is InChI=1S/C18H16Br2N2O/c1-2-23-16-3-4-17-12(9-16)5-6-22(11-21)18(17)13-7-14(19)10-15(20)8-13/h3-4,7-10,18H,2,5-6H2,1H3. The van der Waals surface area contributed by atoms with Crippen molar-refractivity contribution in [2.24, 2.45) is 0 Å². The molecule has 0 aromatic heterocycles. The van der Waals surface area contributed by atoms with E-state index in [1.165, 1.54) is 11.1 Å². The number of nitrogens with zero attached hydrogens (tertiary/aromatic N) is 2. The molecule has 0 fully saturated rings. The summed E-state index contributed by atoms with van der Waals surface area (Å²) in [6, 6.07) is 12.3. The minimum Gasteiger partial charge on any atom is -0.494 e. The number of nitriles is 1. The van der Waals surface area contributed by atoms with Crippen LogP contribution in [0.5, 0.6) is 5.75 Å². The summed E-state index contributed by atoms with van der Waals surface area (Å²) in [5.74, 6) is 0.894. The van der Waals surface area contributed by atoms with Crippen LogP contribution in [-0.2, 0) is 6.42 Å². The zero-order valence-electron chi connectivity index (χ0n) is 12.7. The van der Waals surface area contributed by atoms with Crippen LogP contribution in [0.1, 0.15) is 29.7 Å². The fourth-order valence-electron chi connectivity index (χ4n) is 3.06. The van der Waals surface area contributed by atoms with Crippen LogP contribution in [0, 0.1) is 11.5 Å². The molecule has 3 rings (SSSR count). The van der Waals surface area contributed by atoms with E-state index in [9.17, 15) is 5.26 Å². The van der Waals surface area contributed by atoms with E-state index in [0.29, 0.717) is 13.2 Å². The lowest BCUT2D eigenvalue weighted by Gasteiger charge is -2.34. The Morgan fingerprint density at radius 3 is 2.61 bits per heavy atom. The minimum absolute atomic E-state index is 0.0618. The maximum absolute atomic E-state index is 9.55. The number of benzene rings is 2. The first kappa shape index (κ1) is 16.4. The highest BCUT2D eigenvalue weighted by Crippen LogP contribution is 2.38. The van der Waals surface area contributed by atoms with E-state index >= 15 is 0 Å². The highest BCUT2D eigenvalue weighted by molar-refractivity contribution is 9.11. The fourth-order valence-corrected chi connectivity index (χ4v) is 4.39. The first-order valence-electron chi connectivity index (χ1n) is 7.50. The SMILES string of the molecule is CCOc1ccc2c(c1)CCN(C#N)C2c1cc(Br)cc(Br)c1. The van der Waals surface area contributed by atoms with E-state index in [4.69, 9.17) is 4.74 Å². The van der Waals surface area contributed by atoms with Crippen molar-refractivity contribution in [3.8, 4) is 11.9 Å². The van der Waals surface area contributed by atoms with Crippen LogP contribution < -0.4 is 4.74 Å². The molecule has 0 aliphatic carbocycles. The van der Waals surface area contributed by atoms with Gasteiger partial charge in [-0.2, -0.15) is 5.26 Å². The van der Waals surface area contributed by atoms with Crippen molar-refractivity contribution >= 4 is 31.9 Å². The second-order valence-electron chi connectivity index (χ2n) is 5.44. The normalized spacial score (nSPS) is 16.6. The zero-order chi connectivity index (χ0) is 16.4. The Morgan fingerprint density at radius 2 is 1.96 bits per heavy atom. The molecule has 2 aromatic rings. The van der Waals surface area contributed by atoms with Crippen LogP contribution in [0.4, 0.5) is 0 Å². The number of hydrogen-bond donors (Lipinski definition) is 0. The fraction of sp³-hybridized carbons (Fsp3) is 0.278. The summed E-state index contributed by atoms with van der Waals surface area (Å²) in [6.07, 6.45) is 3.20. The largest absolute Gasteiger partial charge is 0.494 e. The lowest BCUT2D eigenvalue weighted by atomic mass is 9.88. The molecule has 0 radical (unpaired) electrons. The van der Waals surface area contributed by atoms with Gasteiger partial charge in [-0.25, -0.2) is 0 Å². The Morgan fingerprint density at radius 1 is 1.22 bits per heavy atom. The van der Waals surface area contributed by atoms with Crippen LogP contribution in [0.25, 0.3) is 0 Å². The molecule has 0 spiro atoms. The third-order valence-electron chi connectivity index (χ3n) is 3.98. The maximum atomic E-state index is 9.55. The van der Waals surface area contributed by atoms with Gasteiger partial charge >= 0.3 is 0 Å². The molecule has 0 saturated heterocycles. The molecule has 2 aromatic carbocycles. The van der Waals surface area contributed by atoms with Crippen LogP contribution in [-0.4, -0.2) is 18.1 Å². The van der Waals surface area contributed by atoms with E-state index in [2.05, 4.69) is 62.3 Å². The van der Waals surface area contributed by atoms with E-state index in [1.54, 1.807) is 0 Å². The van der Waals surface area contributed by atoms with Crippen LogP contribution >= 0.6 is 31.9 Å². The van der Waals surface area contributed by atoms with Gasteiger partial charge in [0.2, 0.25) is 0 Å². The van der Waals surface area contributed by atoms with Crippen molar-refractivity contribution < 1.29 is 4.74 Å². The van der Waals surface area contributed by atoms with Gasteiger partial charge < -0.3 is 4.74 Å². The van der Waals surface area contributed by atoms with Gasteiger partial charge in [0.05, 0.1) is 12.6 Å². The number of halogens is 2. The molecule has 1 atom stereocenters. The third kappa shape index (κ3) is 3.39. The molecule has 118 valence electrons. The molecule has 1 aliphatic rings. The van der Waals surface area contributed by atoms with Crippen molar-refractivity contribution in [2.75, 3.05) is 13.2 Å². The van der Waals surface area contributed by atoms with Gasteiger partial charge in [-0.15, -0.1) is 0 Å². The summed E-state index contributed by atoms with van der Waals surface area (Å²) in [7, 11) is 0. The minimum atomic E-state index is -0.0618. The monoisotopic (exact) mass is 434 g/mol. The second kappa shape index (κ2) is 6.94. The van der Waals surface area contributed by atoms with Crippen molar-refractivity contribution in [3.05, 3.63) is 62.0 Å². The van der Waals surface area contributed by atoms with E-state index in [1.807, 2.05) is 24.0 Å². The van der Waals surface area contributed by atoms with Crippen LogP contribution in [0.2, 0.25) is 0 Å². The number of fused-ring (bicyclic) bond motifs is 1. The first-order valence-corrected chi connectivity index (χ1v) is 9.09. The van der Waals surface area contributed by atoms with Crippen molar-refractivity contribution in [2.45, 2.75) is 19.4 Å². The molecule has 1 heterocycles. The van der Waals surface area contributed by atoms with Crippen LogP contribution in [0.3, 0.4) is 0 Å². The molecular formula is C18H16Br2N2O. The van der Waals surface area contributed by atoms with E-state index in [-0.39, 0.29) is 6.04 Å². The Kier molecular flexibility index (Phi) is 4.93. The Balaban J connectivity index is 2.09. The molecule has 0 amide bonds. The maximum Gasteiger partial charge on any atom is 0.180 e. The average Bonchev–Trinajstić information content (AvgIpc) is 2.53. The lowest BCUT2D eigenvalue weighted by molar-refractivity contribution is 0.311. The highest BCUT2D eigenvalue weighted by atomic mass is 79.9. The topological polar surface area (TPSA) is 36.3 Å². The van der Waals surface area contributed by atoms with Crippen LogP contribution in [0.15, 0.2) is 45.3 Å². The van der Waals surface area contributed by atoms with Gasteiger partial charge in [0.25, 0.3) is 0 Å². The summed E-state index contributed by atoms with van der Waals surface area (Å²) >= 11 is 7.08. The summed E-state index contributed by atoms with van der Waals surface area (Å²) in [6.45, 7) is 3.36. The zero-order valence-corrected chi connectivity index (χ0v) is 15.9. The van der Waals surface area contributed by atoms with Gasteiger partial charge in [-0.05, 0) is 60.4 Å². The molecule has 0 N–H and O–H groups in total. The summed E-state index contributed by atoms with van der Waals surface area (Å²) < 4.78 is 7.61. The Bertz CT molecular complexity index is 750. The third-order valence-corrected chi connectivity index (χ3v) is 4.90. The highest BCUT2D eigenvalue weighted by Gasteiger charge is 2.28. The molecule has 3 nitrogen and oxygen atoms in total. The number of rotatable bonds is 3. The summed E-state index contributed by atoms with van der Waals surface area (Å²) in [4.78, 5) is 1.84. The van der Waals surface area contributed by atoms with E-state index < -0.39 is 0 Å². The summed E-state index contributed by atoms with van der Waals surface area (Å²) in [5, 5.41) is 9.55. The predicted octanol–water partition coefficient (Wildman–Crippen LogP) is 5.04. The van der Waals surface area contributed by atoms with Crippen molar-refractivity contribution in [3.63, 3.8) is 0 Å². The van der Waals surface area contributed by atoms with Gasteiger partial charge in [-0.1, -0.05) is 37.9 Å². The molecular weight excluding hydrogens is 420 g/mol. The van der Waals surface area contributed by atoms with Crippen molar-refractivity contribution in [1.29, 1.82) is 5.26 Å². The average molecular weight is 436 g/mol. The lowest BCUT2D eigenvalue weighted by Crippen LogP contribution is -2.32. The van der Waals surface area contributed by atoms with Gasteiger partial charge in [0.15, 0.2) is 6.19 Å². The number of hydrogen-bond acceptors (Lipinski definition) is 3. The molecule has 23 heavy (non-hydrogen) atoms.